The molecule has 2 heterocycles. The third-order valence-electron chi connectivity index (χ3n) is 6.47. The summed E-state index contributed by atoms with van der Waals surface area (Å²) in [5.74, 6) is -1.14. The van der Waals surface area contributed by atoms with Gasteiger partial charge in [-0.3, -0.25) is 14.5 Å². The van der Waals surface area contributed by atoms with Gasteiger partial charge in [0.05, 0.1) is 17.7 Å². The molecule has 1 aliphatic rings. The fourth-order valence-corrected chi connectivity index (χ4v) is 4.96. The molecule has 1 unspecified atom stereocenters. The van der Waals surface area contributed by atoms with Gasteiger partial charge in [0, 0.05) is 15.5 Å². The van der Waals surface area contributed by atoms with Gasteiger partial charge in [-0.25, -0.2) is 0 Å². The molecule has 0 saturated heterocycles. The highest BCUT2D eigenvalue weighted by Gasteiger charge is 2.45. The summed E-state index contributed by atoms with van der Waals surface area (Å²) in [6.45, 7) is 7.79. The van der Waals surface area contributed by atoms with Crippen molar-refractivity contribution in [2.24, 2.45) is 0 Å². The van der Waals surface area contributed by atoms with E-state index in [-0.39, 0.29) is 17.4 Å². The van der Waals surface area contributed by atoms with Crippen LogP contribution in [0.25, 0.3) is 11.0 Å². The van der Waals surface area contributed by atoms with E-state index >= 15 is 0 Å². The molecule has 0 aliphatic carbocycles. The molecular formula is C30H26BrNO5. The standard InChI is InChI=1S/C30H26BrNO5/c1-16(2)36-23-7-5-6-19(14-23)27-26(28(33)25-15-20-13-21(31)9-11-24(20)37-25)29(34)30(35)32(27)22-10-8-17(3)18(4)12-22/h5-16,27,34H,1-4H3. The number of Topliss-reactive ketones (excluding diaryl/α,β-unsaturated/α-hetero) is 1. The number of rotatable bonds is 6. The van der Waals surface area contributed by atoms with Crippen molar-refractivity contribution in [3.63, 3.8) is 0 Å². The lowest BCUT2D eigenvalue weighted by molar-refractivity contribution is -0.117. The Morgan fingerprint density at radius 3 is 2.54 bits per heavy atom. The second-order valence-electron chi connectivity index (χ2n) is 9.47. The Kier molecular flexibility index (Phi) is 6.42. The summed E-state index contributed by atoms with van der Waals surface area (Å²) in [5, 5.41) is 11.8. The first-order valence-corrected chi connectivity index (χ1v) is 12.8. The number of hydrogen-bond donors (Lipinski definition) is 1. The molecule has 188 valence electrons. The van der Waals surface area contributed by atoms with Gasteiger partial charge < -0.3 is 14.3 Å². The van der Waals surface area contributed by atoms with Gasteiger partial charge in [0.15, 0.2) is 11.5 Å². The molecule has 3 aromatic carbocycles. The van der Waals surface area contributed by atoms with E-state index in [0.717, 1.165) is 21.0 Å². The van der Waals surface area contributed by atoms with E-state index < -0.39 is 23.5 Å². The normalized spacial score (nSPS) is 15.8. The van der Waals surface area contributed by atoms with E-state index in [1.807, 2.05) is 76.2 Å². The van der Waals surface area contributed by atoms with Crippen molar-refractivity contribution in [2.75, 3.05) is 4.90 Å². The molecule has 5 rings (SSSR count). The van der Waals surface area contributed by atoms with Gasteiger partial charge in [-0.15, -0.1) is 0 Å². The highest BCUT2D eigenvalue weighted by Crippen LogP contribution is 2.43. The third kappa shape index (κ3) is 4.55. The Morgan fingerprint density at radius 2 is 1.81 bits per heavy atom. The van der Waals surface area contributed by atoms with Gasteiger partial charge in [0.25, 0.3) is 5.91 Å². The summed E-state index contributed by atoms with van der Waals surface area (Å²) in [7, 11) is 0. The molecule has 37 heavy (non-hydrogen) atoms. The van der Waals surface area contributed by atoms with Crippen molar-refractivity contribution in [3.05, 3.63) is 105 Å². The number of furan rings is 1. The second kappa shape index (κ2) is 9.56. The summed E-state index contributed by atoms with van der Waals surface area (Å²) in [4.78, 5) is 28.8. The molecule has 1 amide bonds. The molecule has 1 atom stereocenters. The number of nitrogens with zero attached hydrogens (tertiary/aromatic N) is 1. The zero-order valence-electron chi connectivity index (χ0n) is 20.9. The largest absolute Gasteiger partial charge is 0.503 e. The summed E-state index contributed by atoms with van der Waals surface area (Å²) in [6.07, 6.45) is -0.0590. The smallest absolute Gasteiger partial charge is 0.294 e. The number of hydrogen-bond acceptors (Lipinski definition) is 5. The van der Waals surface area contributed by atoms with Crippen LogP contribution in [-0.2, 0) is 4.79 Å². The summed E-state index contributed by atoms with van der Waals surface area (Å²) in [5.41, 5.74) is 3.77. The molecule has 0 saturated carbocycles. The molecule has 1 aliphatic heterocycles. The molecule has 0 fully saturated rings. The second-order valence-corrected chi connectivity index (χ2v) is 10.4. The van der Waals surface area contributed by atoms with Gasteiger partial charge in [0.1, 0.15) is 11.3 Å². The number of amides is 1. The minimum atomic E-state index is -0.877. The number of aliphatic hydroxyl groups is 1. The van der Waals surface area contributed by atoms with E-state index in [2.05, 4.69) is 15.9 Å². The van der Waals surface area contributed by atoms with Crippen molar-refractivity contribution in [2.45, 2.75) is 39.8 Å². The number of aliphatic hydroxyl groups excluding tert-OH is 1. The number of aryl methyl sites for hydroxylation is 2. The predicted molar refractivity (Wildman–Crippen MR) is 146 cm³/mol. The molecular weight excluding hydrogens is 534 g/mol. The average molecular weight is 560 g/mol. The maximum Gasteiger partial charge on any atom is 0.294 e. The van der Waals surface area contributed by atoms with E-state index in [0.29, 0.717) is 22.6 Å². The zero-order chi connectivity index (χ0) is 26.4. The van der Waals surface area contributed by atoms with Crippen molar-refractivity contribution < 1.29 is 23.8 Å². The van der Waals surface area contributed by atoms with Crippen LogP contribution in [0, 0.1) is 13.8 Å². The fourth-order valence-electron chi connectivity index (χ4n) is 4.58. The first-order valence-electron chi connectivity index (χ1n) is 12.0. The highest BCUT2D eigenvalue weighted by molar-refractivity contribution is 9.10. The number of carbonyl (C=O) groups excluding carboxylic acids is 2. The number of benzene rings is 3. The van der Waals surface area contributed by atoms with Crippen LogP contribution < -0.4 is 9.64 Å². The minimum absolute atomic E-state index is 0.0388. The predicted octanol–water partition coefficient (Wildman–Crippen LogP) is 7.38. The molecule has 7 heteroatoms. The monoisotopic (exact) mass is 559 g/mol. The van der Waals surface area contributed by atoms with Crippen LogP contribution in [0.3, 0.4) is 0 Å². The molecule has 6 nitrogen and oxygen atoms in total. The summed E-state index contributed by atoms with van der Waals surface area (Å²) < 4.78 is 12.6. The van der Waals surface area contributed by atoms with Crippen LogP contribution in [0.1, 0.15) is 47.1 Å². The van der Waals surface area contributed by atoms with Crippen LogP contribution in [0.4, 0.5) is 5.69 Å². The SMILES string of the molecule is Cc1ccc(N2C(=O)C(O)=C(C(=O)c3cc4cc(Br)ccc4o3)C2c2cccc(OC(C)C)c2)cc1C. The van der Waals surface area contributed by atoms with Gasteiger partial charge in [-0.2, -0.15) is 0 Å². The van der Waals surface area contributed by atoms with Crippen LogP contribution in [0.2, 0.25) is 0 Å². The maximum absolute atomic E-state index is 13.9. The topological polar surface area (TPSA) is 80.0 Å². The lowest BCUT2D eigenvalue weighted by atomic mass is 9.94. The molecule has 1 aromatic heterocycles. The van der Waals surface area contributed by atoms with E-state index in [1.165, 1.54) is 4.90 Å². The van der Waals surface area contributed by atoms with Crippen LogP contribution in [0.5, 0.6) is 5.75 Å². The van der Waals surface area contributed by atoms with E-state index in [4.69, 9.17) is 9.15 Å². The Labute approximate surface area is 223 Å². The lowest BCUT2D eigenvalue weighted by Crippen LogP contribution is -2.31. The molecule has 0 bridgehead atoms. The maximum atomic E-state index is 13.9. The van der Waals surface area contributed by atoms with Gasteiger partial charge in [-0.1, -0.05) is 34.1 Å². The average Bonchev–Trinajstić information content (AvgIpc) is 3.39. The Bertz CT molecular complexity index is 1580. The Hall–Kier alpha value is -3.84. The van der Waals surface area contributed by atoms with Crippen molar-refractivity contribution >= 4 is 44.3 Å². The molecule has 1 N–H and O–H groups in total. The first-order chi connectivity index (χ1) is 17.6. The van der Waals surface area contributed by atoms with Gasteiger partial charge in [0.2, 0.25) is 5.78 Å². The van der Waals surface area contributed by atoms with Gasteiger partial charge in [-0.05, 0) is 92.9 Å². The number of halogens is 1. The molecule has 0 radical (unpaired) electrons. The fraction of sp³-hybridized carbons (Fsp3) is 0.200. The van der Waals surface area contributed by atoms with Crippen LogP contribution in [-0.4, -0.2) is 22.9 Å². The first kappa shape index (κ1) is 24.8. The molecule has 0 spiro atoms. The van der Waals surface area contributed by atoms with Crippen molar-refractivity contribution in [1.29, 1.82) is 0 Å². The van der Waals surface area contributed by atoms with Crippen LogP contribution >= 0.6 is 15.9 Å². The van der Waals surface area contributed by atoms with E-state index in [9.17, 15) is 14.7 Å². The third-order valence-corrected chi connectivity index (χ3v) is 6.96. The number of anilines is 1. The minimum Gasteiger partial charge on any atom is -0.503 e. The lowest BCUT2D eigenvalue weighted by Gasteiger charge is -2.27. The van der Waals surface area contributed by atoms with Crippen molar-refractivity contribution in [3.8, 4) is 5.75 Å². The quantitative estimate of drug-likeness (QED) is 0.249. The number of ketones is 1. The summed E-state index contributed by atoms with van der Waals surface area (Å²) in [6, 6.07) is 19.0. The Balaban J connectivity index is 1.66. The molecule has 4 aromatic rings. The number of ether oxygens (including phenoxy) is 1. The highest BCUT2D eigenvalue weighted by atomic mass is 79.9. The number of carbonyl (C=O) groups is 2. The Morgan fingerprint density at radius 1 is 1.03 bits per heavy atom. The number of fused-ring (bicyclic) bond motifs is 1. The zero-order valence-corrected chi connectivity index (χ0v) is 22.5. The van der Waals surface area contributed by atoms with Crippen molar-refractivity contribution in [1.82, 2.24) is 0 Å². The van der Waals surface area contributed by atoms with Gasteiger partial charge >= 0.3 is 0 Å². The van der Waals surface area contributed by atoms with Crippen LogP contribution in [0.15, 0.2) is 87.0 Å². The van der Waals surface area contributed by atoms with E-state index in [1.54, 1.807) is 18.2 Å². The summed E-state index contributed by atoms with van der Waals surface area (Å²) >= 11 is 3.43.